The Morgan fingerprint density at radius 2 is 1.71 bits per heavy atom. The van der Waals surface area contributed by atoms with Gasteiger partial charge in [0.1, 0.15) is 11.5 Å². The zero-order valence-corrected chi connectivity index (χ0v) is 17.9. The Hall–Kier alpha value is -3.76. The van der Waals surface area contributed by atoms with Gasteiger partial charge >= 0.3 is 11.9 Å². The van der Waals surface area contributed by atoms with Gasteiger partial charge in [0.25, 0.3) is 0 Å². The number of halogens is 1. The molecule has 8 heteroatoms. The van der Waals surface area contributed by atoms with E-state index in [0.717, 1.165) is 0 Å². The van der Waals surface area contributed by atoms with Crippen molar-refractivity contribution in [3.05, 3.63) is 87.3 Å². The summed E-state index contributed by atoms with van der Waals surface area (Å²) in [5.41, 5.74) is 8.00. The number of anilines is 1. The molecule has 2 aromatic carbocycles. The minimum atomic E-state index is -0.913. The first kappa shape index (κ1) is 21.9. The van der Waals surface area contributed by atoms with Gasteiger partial charge in [0.05, 0.1) is 43.0 Å². The van der Waals surface area contributed by atoms with Gasteiger partial charge in [-0.25, -0.2) is 9.59 Å². The van der Waals surface area contributed by atoms with E-state index in [9.17, 15) is 14.9 Å². The number of ether oxygens (including phenoxy) is 2. The van der Waals surface area contributed by atoms with Crippen molar-refractivity contribution in [3.8, 4) is 6.07 Å². The number of allylic oxidation sites excluding steroid dienone is 1. The molecule has 0 spiro atoms. The molecular weight excluding hydrogens is 418 g/mol. The molecule has 0 radical (unpaired) electrons. The summed E-state index contributed by atoms with van der Waals surface area (Å²) in [6.07, 6.45) is 0. The van der Waals surface area contributed by atoms with Crippen LogP contribution in [-0.2, 0) is 19.1 Å². The van der Waals surface area contributed by atoms with Gasteiger partial charge in [0.15, 0.2) is 0 Å². The molecular formula is C23H20ClN3O4. The molecule has 2 N–H and O–H groups in total. The minimum absolute atomic E-state index is 0.00484. The van der Waals surface area contributed by atoms with E-state index < -0.39 is 17.9 Å². The number of esters is 2. The maximum Gasteiger partial charge on any atom is 0.355 e. The lowest BCUT2D eigenvalue weighted by Gasteiger charge is -2.36. The first-order chi connectivity index (χ1) is 14.9. The summed E-state index contributed by atoms with van der Waals surface area (Å²) in [6.45, 7) is 1.74. The summed E-state index contributed by atoms with van der Waals surface area (Å²) in [5.74, 6) is -2.50. The van der Waals surface area contributed by atoms with Gasteiger partial charge in [-0.1, -0.05) is 48.0 Å². The molecule has 1 heterocycles. The van der Waals surface area contributed by atoms with E-state index >= 15 is 0 Å². The van der Waals surface area contributed by atoms with Crippen LogP contribution in [0.1, 0.15) is 17.0 Å². The van der Waals surface area contributed by atoms with Crippen molar-refractivity contribution in [3.63, 3.8) is 0 Å². The van der Waals surface area contributed by atoms with Crippen LogP contribution in [0.4, 0.5) is 5.69 Å². The molecule has 3 rings (SSSR count). The van der Waals surface area contributed by atoms with Crippen LogP contribution in [0.15, 0.2) is 71.2 Å². The number of hydrogen-bond acceptors (Lipinski definition) is 7. The smallest absolute Gasteiger partial charge is 0.355 e. The highest BCUT2D eigenvalue weighted by Crippen LogP contribution is 2.44. The number of hydrogen-bond donors (Lipinski definition) is 1. The second kappa shape index (κ2) is 8.94. The van der Waals surface area contributed by atoms with E-state index in [4.69, 9.17) is 26.8 Å². The molecule has 1 aliphatic heterocycles. The van der Waals surface area contributed by atoms with E-state index in [1.807, 2.05) is 0 Å². The van der Waals surface area contributed by atoms with E-state index in [0.29, 0.717) is 21.8 Å². The standard InChI is InChI=1S/C23H20ClN3O4/c1-13-16(24)10-7-11-17(13)27-20(23(29)31-3)19(22(28)30-2)18(15(12-25)21(27)26)14-8-5-4-6-9-14/h4-11,18H,26H2,1-3H3. The molecule has 158 valence electrons. The van der Waals surface area contributed by atoms with Crippen LogP contribution in [0.25, 0.3) is 0 Å². The van der Waals surface area contributed by atoms with Crippen LogP contribution in [0.2, 0.25) is 5.02 Å². The highest BCUT2D eigenvalue weighted by molar-refractivity contribution is 6.31. The predicted molar refractivity (Wildman–Crippen MR) is 116 cm³/mol. The van der Waals surface area contributed by atoms with Crippen LogP contribution < -0.4 is 10.6 Å². The maximum atomic E-state index is 13.0. The number of nitrogens with zero attached hydrogens (tertiary/aromatic N) is 2. The van der Waals surface area contributed by atoms with E-state index in [1.165, 1.54) is 19.1 Å². The molecule has 31 heavy (non-hydrogen) atoms. The summed E-state index contributed by atoms with van der Waals surface area (Å²) < 4.78 is 10.0. The lowest BCUT2D eigenvalue weighted by atomic mass is 9.81. The molecule has 0 saturated carbocycles. The Morgan fingerprint density at radius 1 is 1.06 bits per heavy atom. The Balaban J connectivity index is 2.45. The number of nitrogens with two attached hydrogens (primary N) is 1. The van der Waals surface area contributed by atoms with E-state index in [1.54, 1.807) is 55.5 Å². The van der Waals surface area contributed by atoms with Gasteiger partial charge in [-0.05, 0) is 30.2 Å². The fourth-order valence-electron chi connectivity index (χ4n) is 3.60. The number of carbonyl (C=O) groups is 2. The number of carbonyl (C=O) groups excluding carboxylic acids is 2. The van der Waals surface area contributed by atoms with Gasteiger partial charge in [0.2, 0.25) is 0 Å². The molecule has 0 amide bonds. The normalized spacial score (nSPS) is 16.1. The topological polar surface area (TPSA) is 106 Å². The lowest BCUT2D eigenvalue weighted by Crippen LogP contribution is -2.41. The molecule has 1 atom stereocenters. The molecule has 0 saturated heterocycles. The largest absolute Gasteiger partial charge is 0.466 e. The molecule has 0 fully saturated rings. The van der Waals surface area contributed by atoms with Crippen molar-refractivity contribution in [2.75, 3.05) is 19.1 Å². The van der Waals surface area contributed by atoms with Crippen molar-refractivity contribution in [1.82, 2.24) is 0 Å². The van der Waals surface area contributed by atoms with Crippen molar-refractivity contribution in [2.24, 2.45) is 5.73 Å². The Morgan fingerprint density at radius 3 is 2.29 bits per heavy atom. The third-order valence-electron chi connectivity index (χ3n) is 5.09. The fraction of sp³-hybridized carbons (Fsp3) is 0.174. The Kier molecular flexibility index (Phi) is 6.33. The van der Waals surface area contributed by atoms with Crippen molar-refractivity contribution in [2.45, 2.75) is 12.8 Å². The van der Waals surface area contributed by atoms with Gasteiger partial charge in [-0.2, -0.15) is 5.26 Å². The summed E-state index contributed by atoms with van der Waals surface area (Å²) in [5, 5.41) is 10.4. The van der Waals surface area contributed by atoms with Crippen LogP contribution in [0, 0.1) is 18.3 Å². The Bertz CT molecular complexity index is 1150. The zero-order chi connectivity index (χ0) is 22.7. The van der Waals surface area contributed by atoms with Gasteiger partial charge in [-0.15, -0.1) is 0 Å². The average Bonchev–Trinajstić information content (AvgIpc) is 2.79. The molecule has 0 aromatic heterocycles. The Labute approximate surface area is 184 Å². The van der Waals surface area contributed by atoms with Gasteiger partial charge in [-0.3, -0.25) is 4.90 Å². The fourth-order valence-corrected chi connectivity index (χ4v) is 3.77. The van der Waals surface area contributed by atoms with Crippen molar-refractivity contribution >= 4 is 29.2 Å². The van der Waals surface area contributed by atoms with Crippen molar-refractivity contribution < 1.29 is 19.1 Å². The van der Waals surface area contributed by atoms with Crippen LogP contribution in [0.5, 0.6) is 0 Å². The summed E-state index contributed by atoms with van der Waals surface area (Å²) >= 11 is 6.29. The molecule has 0 bridgehead atoms. The monoisotopic (exact) mass is 437 g/mol. The second-order valence-electron chi connectivity index (χ2n) is 6.72. The summed E-state index contributed by atoms with van der Waals surface area (Å²) in [6, 6.07) is 16.0. The van der Waals surface area contributed by atoms with E-state index in [-0.39, 0.29) is 22.7 Å². The molecule has 0 aliphatic carbocycles. The molecule has 1 unspecified atom stereocenters. The number of nitriles is 1. The number of rotatable bonds is 4. The first-order valence-electron chi connectivity index (χ1n) is 9.28. The zero-order valence-electron chi connectivity index (χ0n) is 17.2. The first-order valence-corrected chi connectivity index (χ1v) is 9.65. The number of methoxy groups -OCH3 is 2. The summed E-state index contributed by atoms with van der Waals surface area (Å²) in [4.78, 5) is 27.3. The lowest BCUT2D eigenvalue weighted by molar-refractivity contribution is -0.139. The van der Waals surface area contributed by atoms with Crippen LogP contribution in [0.3, 0.4) is 0 Å². The van der Waals surface area contributed by atoms with Crippen LogP contribution in [-0.4, -0.2) is 26.2 Å². The van der Waals surface area contributed by atoms with Crippen molar-refractivity contribution in [1.29, 1.82) is 5.26 Å². The molecule has 7 nitrogen and oxygen atoms in total. The highest BCUT2D eigenvalue weighted by Gasteiger charge is 2.43. The molecule has 1 aliphatic rings. The van der Waals surface area contributed by atoms with E-state index in [2.05, 4.69) is 6.07 Å². The SMILES string of the molecule is COC(=O)C1=C(C(=O)OC)N(c2cccc(Cl)c2C)C(N)=C(C#N)C1c1ccccc1. The van der Waals surface area contributed by atoms with Gasteiger partial charge < -0.3 is 15.2 Å². The quantitative estimate of drug-likeness (QED) is 0.729. The van der Waals surface area contributed by atoms with Crippen LogP contribution >= 0.6 is 11.6 Å². The average molecular weight is 438 g/mol. The molecule has 2 aromatic rings. The highest BCUT2D eigenvalue weighted by atomic mass is 35.5. The third-order valence-corrected chi connectivity index (χ3v) is 5.50. The number of benzene rings is 2. The maximum absolute atomic E-state index is 13.0. The minimum Gasteiger partial charge on any atom is -0.466 e. The third kappa shape index (κ3) is 3.74. The second-order valence-corrected chi connectivity index (χ2v) is 7.13. The van der Waals surface area contributed by atoms with Gasteiger partial charge in [0, 0.05) is 5.02 Å². The summed E-state index contributed by atoms with van der Waals surface area (Å²) in [7, 11) is 2.40. The predicted octanol–water partition coefficient (Wildman–Crippen LogP) is 3.55.